The maximum Gasteiger partial charge on any atom is 0.338 e. The fraction of sp³-hybridized carbons (Fsp3) is 0.208. The molecule has 33 heavy (non-hydrogen) atoms. The lowest BCUT2D eigenvalue weighted by Gasteiger charge is -2.24. The van der Waals surface area contributed by atoms with Gasteiger partial charge in [-0.25, -0.2) is 4.79 Å². The van der Waals surface area contributed by atoms with Crippen molar-refractivity contribution in [3.8, 4) is 5.75 Å². The average molecular weight is 471 g/mol. The van der Waals surface area contributed by atoms with E-state index < -0.39 is 34.5 Å². The maximum atomic E-state index is 11.9. The molecule has 2 atom stereocenters. The predicted octanol–water partition coefficient (Wildman–Crippen LogP) is 5.41. The first-order valence-corrected chi connectivity index (χ1v) is 10.6. The molecular formula is C24H23ClN2O6. The van der Waals surface area contributed by atoms with Gasteiger partial charge in [-0.05, 0) is 60.5 Å². The Labute approximate surface area is 195 Å². The van der Waals surface area contributed by atoms with Gasteiger partial charge in [-0.2, -0.15) is 0 Å². The number of phenols is 1. The Morgan fingerprint density at radius 1 is 1.09 bits per heavy atom. The molecule has 0 fully saturated rings. The van der Waals surface area contributed by atoms with Crippen molar-refractivity contribution < 1.29 is 24.7 Å². The summed E-state index contributed by atoms with van der Waals surface area (Å²) in [5.74, 6) is -0.882. The Morgan fingerprint density at radius 2 is 1.73 bits per heavy atom. The number of hydrogen-bond donors (Lipinski definition) is 3. The number of aromatic hydroxyl groups is 1. The molecule has 3 N–H and O–H groups in total. The average Bonchev–Trinajstić information content (AvgIpc) is 2.80. The van der Waals surface area contributed by atoms with Crippen LogP contribution in [0.15, 0.2) is 66.7 Å². The van der Waals surface area contributed by atoms with E-state index in [1.807, 2.05) is 12.1 Å². The summed E-state index contributed by atoms with van der Waals surface area (Å²) in [6, 6.07) is 17.2. The monoisotopic (exact) mass is 470 g/mol. The molecular weight excluding hydrogens is 448 g/mol. The standard InChI is InChI=1S/C24H23ClN2O6/c1-2-33-24(30)16-5-10-19(11-6-16)26-20(15-3-8-18(25)9-4-15)14-23(29)17-7-12-22(28)21(13-17)27(31)32/h3-13,20,23,26,28-29H,2,14H2,1H3. The van der Waals surface area contributed by atoms with Gasteiger partial charge in [0.2, 0.25) is 0 Å². The summed E-state index contributed by atoms with van der Waals surface area (Å²) in [6.45, 7) is 2.02. The fourth-order valence-corrected chi connectivity index (χ4v) is 3.47. The van der Waals surface area contributed by atoms with Crippen LogP contribution in [0, 0.1) is 10.1 Å². The summed E-state index contributed by atoms with van der Waals surface area (Å²) >= 11 is 6.01. The molecule has 0 heterocycles. The Bertz CT molecular complexity index is 1120. The summed E-state index contributed by atoms with van der Waals surface area (Å²) in [5.41, 5.74) is 1.78. The number of hydrogen-bond acceptors (Lipinski definition) is 7. The molecule has 9 heteroatoms. The minimum absolute atomic E-state index is 0.170. The van der Waals surface area contributed by atoms with Crippen molar-refractivity contribution in [2.24, 2.45) is 0 Å². The number of halogens is 1. The quantitative estimate of drug-likeness (QED) is 0.217. The lowest BCUT2D eigenvalue weighted by Crippen LogP contribution is -2.15. The molecule has 8 nitrogen and oxygen atoms in total. The Kier molecular flexibility index (Phi) is 7.87. The number of aliphatic hydroxyl groups excluding tert-OH is 1. The predicted molar refractivity (Wildman–Crippen MR) is 125 cm³/mol. The third kappa shape index (κ3) is 6.21. The number of anilines is 1. The van der Waals surface area contributed by atoms with Gasteiger partial charge in [0.05, 0.1) is 29.2 Å². The van der Waals surface area contributed by atoms with Crippen molar-refractivity contribution in [3.63, 3.8) is 0 Å². The number of esters is 1. The summed E-state index contributed by atoms with van der Waals surface area (Å²) in [5, 5.41) is 35.5. The number of phenolic OH excluding ortho intramolecular Hbond substituents is 1. The molecule has 0 saturated heterocycles. The highest BCUT2D eigenvalue weighted by atomic mass is 35.5. The molecule has 0 bridgehead atoms. The Hall–Kier alpha value is -3.62. The molecule has 3 rings (SSSR count). The summed E-state index contributed by atoms with van der Waals surface area (Å²) < 4.78 is 5.00. The van der Waals surface area contributed by atoms with Gasteiger partial charge in [0.25, 0.3) is 0 Å². The van der Waals surface area contributed by atoms with E-state index in [1.54, 1.807) is 43.3 Å². The second kappa shape index (κ2) is 10.8. The van der Waals surface area contributed by atoms with Gasteiger partial charge in [0.1, 0.15) is 0 Å². The minimum atomic E-state index is -1.06. The molecule has 0 amide bonds. The zero-order chi connectivity index (χ0) is 24.0. The second-order valence-corrected chi connectivity index (χ2v) is 7.74. The van der Waals surface area contributed by atoms with Gasteiger partial charge in [0, 0.05) is 23.2 Å². The van der Waals surface area contributed by atoms with Gasteiger partial charge >= 0.3 is 11.7 Å². The first-order valence-electron chi connectivity index (χ1n) is 10.2. The normalized spacial score (nSPS) is 12.6. The highest BCUT2D eigenvalue weighted by Gasteiger charge is 2.22. The lowest BCUT2D eigenvalue weighted by molar-refractivity contribution is -0.386. The van der Waals surface area contributed by atoms with Crippen molar-refractivity contribution in [2.75, 3.05) is 11.9 Å². The second-order valence-electron chi connectivity index (χ2n) is 7.30. The molecule has 3 aromatic carbocycles. The van der Waals surface area contributed by atoms with E-state index in [0.717, 1.165) is 11.6 Å². The van der Waals surface area contributed by atoms with Crippen LogP contribution in [0.25, 0.3) is 0 Å². The number of nitro groups is 1. The van der Waals surface area contributed by atoms with E-state index in [2.05, 4.69) is 5.32 Å². The highest BCUT2D eigenvalue weighted by Crippen LogP contribution is 2.34. The molecule has 0 aromatic heterocycles. The van der Waals surface area contributed by atoms with Gasteiger partial charge in [-0.3, -0.25) is 10.1 Å². The first kappa shape index (κ1) is 24.0. The Balaban J connectivity index is 1.84. The van der Waals surface area contributed by atoms with Crippen LogP contribution in [0.3, 0.4) is 0 Å². The zero-order valence-corrected chi connectivity index (χ0v) is 18.5. The summed E-state index contributed by atoms with van der Waals surface area (Å²) in [4.78, 5) is 22.3. The van der Waals surface area contributed by atoms with Crippen LogP contribution in [0.2, 0.25) is 5.02 Å². The van der Waals surface area contributed by atoms with Crippen LogP contribution in [0.4, 0.5) is 11.4 Å². The van der Waals surface area contributed by atoms with Gasteiger partial charge in [-0.1, -0.05) is 29.8 Å². The van der Waals surface area contributed by atoms with E-state index in [1.165, 1.54) is 12.1 Å². The molecule has 0 aliphatic rings. The summed E-state index contributed by atoms with van der Waals surface area (Å²) in [6.07, 6.45) is -0.889. The van der Waals surface area contributed by atoms with E-state index in [0.29, 0.717) is 21.8 Å². The molecule has 3 aromatic rings. The van der Waals surface area contributed by atoms with Crippen molar-refractivity contribution in [3.05, 3.63) is 98.6 Å². The van der Waals surface area contributed by atoms with Crippen molar-refractivity contribution >= 4 is 28.9 Å². The molecule has 0 spiro atoms. The van der Waals surface area contributed by atoms with Crippen LogP contribution >= 0.6 is 11.6 Å². The number of nitrogens with zero attached hydrogens (tertiary/aromatic N) is 1. The van der Waals surface area contributed by atoms with Crippen LogP contribution in [-0.4, -0.2) is 27.7 Å². The molecule has 0 aliphatic heterocycles. The number of rotatable bonds is 9. The fourth-order valence-electron chi connectivity index (χ4n) is 3.34. The zero-order valence-electron chi connectivity index (χ0n) is 17.8. The van der Waals surface area contributed by atoms with Gasteiger partial charge < -0.3 is 20.3 Å². The van der Waals surface area contributed by atoms with Crippen molar-refractivity contribution in [1.82, 2.24) is 0 Å². The smallest absolute Gasteiger partial charge is 0.338 e. The minimum Gasteiger partial charge on any atom is -0.502 e. The number of carbonyl (C=O) groups excluding carboxylic acids is 1. The van der Waals surface area contributed by atoms with Crippen LogP contribution in [0.1, 0.15) is 47.0 Å². The molecule has 172 valence electrons. The van der Waals surface area contributed by atoms with E-state index in [4.69, 9.17) is 16.3 Å². The van der Waals surface area contributed by atoms with E-state index >= 15 is 0 Å². The van der Waals surface area contributed by atoms with Gasteiger partial charge in [-0.15, -0.1) is 0 Å². The van der Waals surface area contributed by atoms with E-state index in [9.17, 15) is 25.1 Å². The first-order chi connectivity index (χ1) is 15.8. The topological polar surface area (TPSA) is 122 Å². The molecule has 0 aliphatic carbocycles. The molecule has 0 saturated carbocycles. The number of ether oxygens (including phenoxy) is 1. The van der Waals surface area contributed by atoms with Crippen LogP contribution in [-0.2, 0) is 4.74 Å². The number of nitro benzene ring substituents is 1. The highest BCUT2D eigenvalue weighted by molar-refractivity contribution is 6.30. The van der Waals surface area contributed by atoms with Crippen molar-refractivity contribution in [2.45, 2.75) is 25.5 Å². The summed E-state index contributed by atoms with van der Waals surface area (Å²) in [7, 11) is 0. The maximum absolute atomic E-state index is 11.9. The molecule has 0 radical (unpaired) electrons. The SMILES string of the molecule is CCOC(=O)c1ccc(NC(CC(O)c2ccc(O)c([N+](=O)[O-])c2)c2ccc(Cl)cc2)cc1. The Morgan fingerprint density at radius 3 is 2.33 bits per heavy atom. The number of aliphatic hydroxyl groups is 1. The third-order valence-corrected chi connectivity index (χ3v) is 5.30. The number of carbonyl (C=O) groups is 1. The van der Waals surface area contributed by atoms with Gasteiger partial charge in [0.15, 0.2) is 5.75 Å². The largest absolute Gasteiger partial charge is 0.502 e. The third-order valence-electron chi connectivity index (χ3n) is 5.05. The van der Waals surface area contributed by atoms with Crippen LogP contribution < -0.4 is 5.32 Å². The number of nitrogens with one attached hydrogen (secondary N) is 1. The lowest BCUT2D eigenvalue weighted by atomic mass is 9.96. The van der Waals surface area contributed by atoms with Crippen LogP contribution in [0.5, 0.6) is 5.75 Å². The molecule has 2 unspecified atom stereocenters. The number of benzene rings is 3. The van der Waals surface area contributed by atoms with Crippen molar-refractivity contribution in [1.29, 1.82) is 0 Å². The van der Waals surface area contributed by atoms with E-state index in [-0.39, 0.29) is 13.0 Å².